The second-order valence-electron chi connectivity index (χ2n) is 9.04. The maximum atomic E-state index is 12.2. The van der Waals surface area contributed by atoms with Crippen LogP contribution in [0.1, 0.15) is 55.4 Å². The summed E-state index contributed by atoms with van der Waals surface area (Å²) in [6.45, 7) is 19.7. The Bertz CT molecular complexity index is 514. The lowest BCUT2D eigenvalue weighted by Gasteiger charge is -2.37. The number of carbonyl (C=O) groups is 1. The molecule has 0 aromatic heterocycles. The van der Waals surface area contributed by atoms with Gasteiger partial charge in [0.25, 0.3) is 0 Å². The third kappa shape index (κ3) is 6.71. The van der Waals surface area contributed by atoms with Gasteiger partial charge in [0.1, 0.15) is 11.4 Å². The molecule has 1 aliphatic rings. The van der Waals surface area contributed by atoms with Gasteiger partial charge >= 0.3 is 6.09 Å². The molecule has 0 aliphatic carbocycles. The molecule has 5 nitrogen and oxygen atoms in total. The lowest BCUT2D eigenvalue weighted by Crippen LogP contribution is -2.51. The van der Waals surface area contributed by atoms with Crippen molar-refractivity contribution in [3.8, 4) is 0 Å². The van der Waals surface area contributed by atoms with Gasteiger partial charge in [0.2, 0.25) is 0 Å². The first-order valence-corrected chi connectivity index (χ1v) is 9.27. The molecule has 25 heavy (non-hydrogen) atoms. The molecule has 0 aromatic carbocycles. The molecule has 1 rings (SSSR count). The van der Waals surface area contributed by atoms with E-state index in [0.29, 0.717) is 19.0 Å². The molecule has 5 heteroatoms. The molecule has 0 bridgehead atoms. The highest BCUT2D eigenvalue weighted by Gasteiger charge is 2.27. The lowest BCUT2D eigenvalue weighted by atomic mass is 9.79. The van der Waals surface area contributed by atoms with Gasteiger partial charge in [-0.15, -0.1) is 0 Å². The summed E-state index contributed by atoms with van der Waals surface area (Å²) < 4.78 is 5.47. The highest BCUT2D eigenvalue weighted by molar-refractivity contribution is 5.94. The minimum Gasteiger partial charge on any atom is -0.444 e. The van der Waals surface area contributed by atoms with Crippen molar-refractivity contribution in [1.82, 2.24) is 9.80 Å². The third-order valence-corrected chi connectivity index (χ3v) is 4.26. The zero-order valence-corrected chi connectivity index (χ0v) is 17.6. The van der Waals surface area contributed by atoms with Crippen LogP contribution in [0.15, 0.2) is 16.6 Å². The number of allylic oxidation sites excluding steroid dienone is 1. The molecule has 1 fully saturated rings. The number of hydrogen-bond donors (Lipinski definition) is 0. The predicted molar refractivity (Wildman–Crippen MR) is 105 cm³/mol. The predicted octanol–water partition coefficient (Wildman–Crippen LogP) is 4.20. The minimum atomic E-state index is -0.453. The molecule has 0 N–H and O–H groups in total. The summed E-state index contributed by atoms with van der Waals surface area (Å²) in [5.41, 5.74) is 1.05. The Morgan fingerprint density at radius 1 is 1.00 bits per heavy atom. The summed E-state index contributed by atoms with van der Waals surface area (Å²) in [6.07, 6.45) is 2.00. The Balaban J connectivity index is 2.79. The minimum absolute atomic E-state index is 0.114. The van der Waals surface area contributed by atoms with Crippen LogP contribution < -0.4 is 0 Å². The molecule has 0 spiro atoms. The fraction of sp³-hybridized carbons (Fsp3) is 0.800. The summed E-state index contributed by atoms with van der Waals surface area (Å²) >= 11 is 0. The van der Waals surface area contributed by atoms with Crippen molar-refractivity contribution in [2.75, 3.05) is 33.2 Å². The molecule has 0 aromatic rings. The first-order chi connectivity index (χ1) is 11.3. The zero-order valence-electron chi connectivity index (χ0n) is 17.6. The molecular weight excluding hydrogens is 314 g/mol. The highest BCUT2D eigenvalue weighted by atomic mass is 16.6. The Hall–Kier alpha value is -1.52. The molecular formula is C20H37N3O2. The van der Waals surface area contributed by atoms with Gasteiger partial charge in [-0.2, -0.15) is 0 Å². The number of hydrogen-bond acceptors (Lipinski definition) is 3. The molecule has 144 valence electrons. The summed E-state index contributed by atoms with van der Waals surface area (Å²) in [5, 5.41) is 0. The number of amides is 1. The van der Waals surface area contributed by atoms with Crippen molar-refractivity contribution in [3.05, 3.63) is 11.6 Å². The van der Waals surface area contributed by atoms with Gasteiger partial charge in [-0.3, -0.25) is 4.99 Å². The van der Waals surface area contributed by atoms with Gasteiger partial charge in [0.15, 0.2) is 0 Å². The van der Waals surface area contributed by atoms with E-state index < -0.39 is 5.60 Å². The number of aliphatic imine (C=N–C) groups is 1. The Labute approximate surface area is 154 Å². The standard InChI is InChI=1S/C20H37N3O2/c1-15(2)16(19(3,4)5)14-17(21-9)22-10-12-23(13-11-22)18(24)25-20(6,7)8/h14-15H,10-13H2,1-9H3/b16-14+,21-17?. The topological polar surface area (TPSA) is 45.1 Å². The lowest BCUT2D eigenvalue weighted by molar-refractivity contribution is 0.0187. The fourth-order valence-electron chi connectivity index (χ4n) is 3.13. The molecule has 0 atom stereocenters. The Morgan fingerprint density at radius 3 is 1.84 bits per heavy atom. The Kier molecular flexibility index (Phi) is 7.09. The summed E-state index contributed by atoms with van der Waals surface area (Å²) in [5.74, 6) is 1.47. The van der Waals surface area contributed by atoms with Crippen LogP contribution in [0.5, 0.6) is 0 Å². The molecule has 0 unspecified atom stereocenters. The van der Waals surface area contributed by atoms with Crippen LogP contribution in [0.2, 0.25) is 0 Å². The van der Waals surface area contributed by atoms with E-state index in [1.54, 1.807) is 4.90 Å². The largest absolute Gasteiger partial charge is 0.444 e. The number of rotatable bonds is 2. The van der Waals surface area contributed by atoms with Gasteiger partial charge < -0.3 is 14.5 Å². The van der Waals surface area contributed by atoms with Crippen LogP contribution >= 0.6 is 0 Å². The fourth-order valence-corrected chi connectivity index (χ4v) is 3.13. The van der Waals surface area contributed by atoms with E-state index >= 15 is 0 Å². The first kappa shape index (κ1) is 21.5. The van der Waals surface area contributed by atoms with E-state index in [9.17, 15) is 4.79 Å². The van der Waals surface area contributed by atoms with E-state index in [1.165, 1.54) is 5.57 Å². The molecule has 1 heterocycles. The number of nitrogens with zero attached hydrogens (tertiary/aromatic N) is 3. The number of piperazine rings is 1. The highest BCUT2D eigenvalue weighted by Crippen LogP contribution is 2.31. The number of amidine groups is 1. The van der Waals surface area contributed by atoms with Crippen molar-refractivity contribution < 1.29 is 9.53 Å². The van der Waals surface area contributed by atoms with Crippen LogP contribution in [0.4, 0.5) is 4.79 Å². The summed E-state index contributed by atoms with van der Waals surface area (Å²) in [6, 6.07) is 0. The van der Waals surface area contributed by atoms with Crippen LogP contribution in [0.25, 0.3) is 0 Å². The van der Waals surface area contributed by atoms with Gasteiger partial charge in [-0.05, 0) is 38.2 Å². The normalized spacial score (nSPS) is 18.0. The smallest absolute Gasteiger partial charge is 0.410 e. The molecule has 1 amide bonds. The summed E-state index contributed by atoms with van der Waals surface area (Å²) in [4.78, 5) is 20.8. The van der Waals surface area contributed by atoms with Crippen molar-refractivity contribution in [1.29, 1.82) is 0 Å². The van der Waals surface area contributed by atoms with Gasteiger partial charge in [-0.1, -0.05) is 40.2 Å². The SMILES string of the molecule is CN=C(/C=C(\C(C)C)C(C)(C)C)N1CCN(C(=O)OC(C)(C)C)CC1. The van der Waals surface area contributed by atoms with Crippen LogP contribution in [-0.2, 0) is 4.74 Å². The average molecular weight is 352 g/mol. The van der Waals surface area contributed by atoms with E-state index in [0.717, 1.165) is 18.9 Å². The third-order valence-electron chi connectivity index (χ3n) is 4.26. The van der Waals surface area contributed by atoms with Crippen molar-refractivity contribution >= 4 is 11.9 Å². The van der Waals surface area contributed by atoms with E-state index in [1.807, 2.05) is 27.8 Å². The van der Waals surface area contributed by atoms with Crippen LogP contribution in [-0.4, -0.2) is 60.6 Å². The number of ether oxygens (including phenoxy) is 1. The van der Waals surface area contributed by atoms with Crippen molar-refractivity contribution in [2.24, 2.45) is 16.3 Å². The van der Waals surface area contributed by atoms with E-state index in [-0.39, 0.29) is 11.5 Å². The maximum Gasteiger partial charge on any atom is 0.410 e. The van der Waals surface area contributed by atoms with Crippen LogP contribution in [0, 0.1) is 11.3 Å². The quantitative estimate of drug-likeness (QED) is 0.553. The van der Waals surface area contributed by atoms with Crippen molar-refractivity contribution in [3.63, 3.8) is 0 Å². The molecule has 1 saturated heterocycles. The zero-order chi connectivity index (χ0) is 19.4. The van der Waals surface area contributed by atoms with Crippen molar-refractivity contribution in [2.45, 2.75) is 61.0 Å². The molecule has 0 saturated carbocycles. The molecule has 1 aliphatic heterocycles. The second kappa shape index (κ2) is 8.24. The van der Waals surface area contributed by atoms with Crippen LogP contribution in [0.3, 0.4) is 0 Å². The Morgan fingerprint density at radius 2 is 1.48 bits per heavy atom. The monoisotopic (exact) mass is 351 g/mol. The first-order valence-electron chi connectivity index (χ1n) is 9.27. The number of carbonyl (C=O) groups excluding carboxylic acids is 1. The van der Waals surface area contributed by atoms with E-state index in [2.05, 4.69) is 50.6 Å². The average Bonchev–Trinajstić information content (AvgIpc) is 2.45. The summed E-state index contributed by atoms with van der Waals surface area (Å²) in [7, 11) is 1.84. The molecule has 0 radical (unpaired) electrons. The van der Waals surface area contributed by atoms with E-state index in [4.69, 9.17) is 4.74 Å². The maximum absolute atomic E-state index is 12.2. The van der Waals surface area contributed by atoms with Gasteiger partial charge in [0, 0.05) is 33.2 Å². The second-order valence-corrected chi connectivity index (χ2v) is 9.04. The van der Waals surface area contributed by atoms with Gasteiger partial charge in [0.05, 0.1) is 0 Å². The van der Waals surface area contributed by atoms with Gasteiger partial charge in [-0.25, -0.2) is 4.79 Å².